The highest BCUT2D eigenvalue weighted by Gasteiger charge is 2.37. The van der Waals surface area contributed by atoms with E-state index in [4.69, 9.17) is 9.84 Å². The second-order valence-electron chi connectivity index (χ2n) is 4.06. The molecule has 1 atom stereocenters. The number of hydrogen-bond acceptors (Lipinski definition) is 4. The average Bonchev–Trinajstić information content (AvgIpc) is 3.08. The lowest BCUT2D eigenvalue weighted by atomic mass is 10.1. The molecular formula is C11H17NO5. The number of carboxylic acid groups (broad SMARTS) is 1. The van der Waals surface area contributed by atoms with Gasteiger partial charge >= 0.3 is 11.9 Å². The van der Waals surface area contributed by atoms with Crippen LogP contribution in [0, 0.1) is 5.92 Å². The summed E-state index contributed by atoms with van der Waals surface area (Å²) < 4.78 is 4.76. The van der Waals surface area contributed by atoms with Gasteiger partial charge in [-0.2, -0.15) is 0 Å². The van der Waals surface area contributed by atoms with Crippen LogP contribution in [0.3, 0.4) is 0 Å². The molecular weight excluding hydrogens is 226 g/mol. The molecule has 1 N–H and O–H groups in total. The van der Waals surface area contributed by atoms with Gasteiger partial charge in [0.25, 0.3) is 0 Å². The summed E-state index contributed by atoms with van der Waals surface area (Å²) in [5.74, 6) is -3.31. The van der Waals surface area contributed by atoms with E-state index in [-0.39, 0.29) is 19.2 Å². The fourth-order valence-corrected chi connectivity index (χ4v) is 1.47. The maximum absolute atomic E-state index is 11.8. The molecule has 0 aliphatic heterocycles. The molecule has 0 heterocycles. The highest BCUT2D eigenvalue weighted by molar-refractivity contribution is 5.97. The van der Waals surface area contributed by atoms with Crippen molar-refractivity contribution in [3.05, 3.63) is 0 Å². The molecule has 1 aliphatic carbocycles. The molecule has 6 heteroatoms. The molecule has 1 amide bonds. The van der Waals surface area contributed by atoms with E-state index in [9.17, 15) is 14.4 Å². The Balaban J connectivity index is 2.62. The van der Waals surface area contributed by atoms with Crippen molar-refractivity contribution in [1.82, 2.24) is 4.90 Å². The van der Waals surface area contributed by atoms with E-state index in [0.29, 0.717) is 0 Å². The predicted molar refractivity (Wildman–Crippen MR) is 58.2 cm³/mol. The Kier molecular flexibility index (Phi) is 4.48. The molecule has 17 heavy (non-hydrogen) atoms. The van der Waals surface area contributed by atoms with E-state index < -0.39 is 23.8 Å². The van der Waals surface area contributed by atoms with Crippen molar-refractivity contribution in [2.75, 3.05) is 13.2 Å². The molecule has 0 saturated heterocycles. The maximum atomic E-state index is 11.8. The van der Waals surface area contributed by atoms with Gasteiger partial charge in [0.2, 0.25) is 5.91 Å². The van der Waals surface area contributed by atoms with Gasteiger partial charge < -0.3 is 14.7 Å². The van der Waals surface area contributed by atoms with Gasteiger partial charge in [-0.05, 0) is 26.7 Å². The standard InChI is InChI=1S/C11H17NO5/c1-3-17-9(13)6-12(8-4-5-8)10(14)7(2)11(15)16/h7-8H,3-6H2,1-2H3,(H,15,16). The summed E-state index contributed by atoms with van der Waals surface area (Å²) in [7, 11) is 0. The number of amides is 1. The number of rotatable bonds is 6. The Morgan fingerprint density at radius 2 is 2.00 bits per heavy atom. The largest absolute Gasteiger partial charge is 0.481 e. The zero-order valence-electron chi connectivity index (χ0n) is 10.0. The lowest BCUT2D eigenvalue weighted by Gasteiger charge is -2.23. The molecule has 0 aromatic rings. The van der Waals surface area contributed by atoms with Crippen LogP contribution >= 0.6 is 0 Å². The third kappa shape index (κ3) is 3.72. The zero-order valence-corrected chi connectivity index (χ0v) is 10.0. The maximum Gasteiger partial charge on any atom is 0.325 e. The van der Waals surface area contributed by atoms with Gasteiger partial charge in [-0.15, -0.1) is 0 Å². The van der Waals surface area contributed by atoms with E-state index in [1.165, 1.54) is 11.8 Å². The predicted octanol–water partition coefficient (Wildman–Crippen LogP) is 0.261. The second kappa shape index (κ2) is 5.65. The van der Waals surface area contributed by atoms with Gasteiger partial charge in [0.05, 0.1) is 6.61 Å². The van der Waals surface area contributed by atoms with Crippen LogP contribution in [0.5, 0.6) is 0 Å². The van der Waals surface area contributed by atoms with E-state index in [2.05, 4.69) is 0 Å². The first-order valence-electron chi connectivity index (χ1n) is 5.66. The molecule has 1 fully saturated rings. The molecule has 1 saturated carbocycles. The van der Waals surface area contributed by atoms with Crippen molar-refractivity contribution in [3.8, 4) is 0 Å². The number of carbonyl (C=O) groups excluding carboxylic acids is 2. The van der Waals surface area contributed by atoms with Gasteiger partial charge in [-0.25, -0.2) is 0 Å². The fourth-order valence-electron chi connectivity index (χ4n) is 1.47. The average molecular weight is 243 g/mol. The molecule has 96 valence electrons. The van der Waals surface area contributed by atoms with E-state index in [0.717, 1.165) is 12.8 Å². The second-order valence-corrected chi connectivity index (χ2v) is 4.06. The topological polar surface area (TPSA) is 83.9 Å². The summed E-state index contributed by atoms with van der Waals surface area (Å²) in [5.41, 5.74) is 0. The van der Waals surface area contributed by atoms with Crippen molar-refractivity contribution in [2.24, 2.45) is 5.92 Å². The summed E-state index contributed by atoms with van der Waals surface area (Å²) in [6.07, 6.45) is 1.63. The first kappa shape index (κ1) is 13.5. The van der Waals surface area contributed by atoms with Crippen LogP contribution in [0.15, 0.2) is 0 Å². The fraction of sp³-hybridized carbons (Fsp3) is 0.727. The van der Waals surface area contributed by atoms with Crippen LogP contribution in [0.25, 0.3) is 0 Å². The lowest BCUT2D eigenvalue weighted by Crippen LogP contribution is -2.43. The van der Waals surface area contributed by atoms with E-state index in [1.807, 2.05) is 0 Å². The normalized spacial score (nSPS) is 16.1. The van der Waals surface area contributed by atoms with Crippen LogP contribution < -0.4 is 0 Å². The van der Waals surface area contributed by atoms with Crippen LogP contribution in [-0.4, -0.2) is 47.0 Å². The summed E-state index contributed by atoms with van der Waals surface area (Å²) in [4.78, 5) is 35.2. The summed E-state index contributed by atoms with van der Waals surface area (Å²) >= 11 is 0. The third-order valence-electron chi connectivity index (χ3n) is 2.62. The molecule has 0 aromatic carbocycles. The van der Waals surface area contributed by atoms with Crippen LogP contribution in [-0.2, 0) is 19.1 Å². The third-order valence-corrected chi connectivity index (χ3v) is 2.62. The summed E-state index contributed by atoms with van der Waals surface area (Å²) in [5, 5.41) is 8.78. The monoisotopic (exact) mass is 243 g/mol. The van der Waals surface area contributed by atoms with Crippen molar-refractivity contribution >= 4 is 17.8 Å². The quantitative estimate of drug-likeness (QED) is 0.534. The summed E-state index contributed by atoms with van der Waals surface area (Å²) in [6.45, 7) is 3.10. The Bertz CT molecular complexity index is 324. The highest BCUT2D eigenvalue weighted by Crippen LogP contribution is 2.28. The van der Waals surface area contributed by atoms with Gasteiger partial charge in [-0.3, -0.25) is 14.4 Å². The number of hydrogen-bond donors (Lipinski definition) is 1. The number of carboxylic acids is 1. The number of carbonyl (C=O) groups is 3. The first-order valence-corrected chi connectivity index (χ1v) is 5.66. The Hall–Kier alpha value is -1.59. The van der Waals surface area contributed by atoms with Crippen molar-refractivity contribution in [1.29, 1.82) is 0 Å². The van der Waals surface area contributed by atoms with Gasteiger partial charge in [0.15, 0.2) is 0 Å². The van der Waals surface area contributed by atoms with Crippen LogP contribution in [0.4, 0.5) is 0 Å². The lowest BCUT2D eigenvalue weighted by molar-refractivity contribution is -0.156. The number of esters is 1. The van der Waals surface area contributed by atoms with Gasteiger partial charge in [0.1, 0.15) is 12.5 Å². The smallest absolute Gasteiger partial charge is 0.325 e. The number of ether oxygens (including phenoxy) is 1. The molecule has 0 aromatic heterocycles. The van der Waals surface area contributed by atoms with Crippen molar-refractivity contribution in [2.45, 2.75) is 32.7 Å². The van der Waals surface area contributed by atoms with E-state index in [1.54, 1.807) is 6.92 Å². The minimum absolute atomic E-state index is 0.00583. The van der Waals surface area contributed by atoms with Gasteiger partial charge in [0, 0.05) is 6.04 Å². The SMILES string of the molecule is CCOC(=O)CN(C(=O)C(C)C(=O)O)C1CC1. The number of aliphatic carboxylic acids is 1. The molecule has 0 bridgehead atoms. The number of nitrogens with zero attached hydrogens (tertiary/aromatic N) is 1. The molecule has 0 spiro atoms. The first-order chi connectivity index (χ1) is 7.97. The molecule has 6 nitrogen and oxygen atoms in total. The zero-order chi connectivity index (χ0) is 13.0. The van der Waals surface area contributed by atoms with Crippen LogP contribution in [0.1, 0.15) is 26.7 Å². The highest BCUT2D eigenvalue weighted by atomic mass is 16.5. The van der Waals surface area contributed by atoms with Crippen molar-refractivity contribution in [3.63, 3.8) is 0 Å². The molecule has 1 rings (SSSR count). The Morgan fingerprint density at radius 3 is 2.41 bits per heavy atom. The van der Waals surface area contributed by atoms with Crippen molar-refractivity contribution < 1.29 is 24.2 Å². The Morgan fingerprint density at radius 1 is 1.41 bits per heavy atom. The minimum Gasteiger partial charge on any atom is -0.481 e. The summed E-state index contributed by atoms with van der Waals surface area (Å²) in [6, 6.07) is -0.00583. The van der Waals surface area contributed by atoms with E-state index >= 15 is 0 Å². The minimum atomic E-state index is -1.18. The Labute approximate surface area is 99.5 Å². The van der Waals surface area contributed by atoms with Crippen LogP contribution in [0.2, 0.25) is 0 Å². The van der Waals surface area contributed by atoms with Gasteiger partial charge in [-0.1, -0.05) is 0 Å². The molecule has 0 radical (unpaired) electrons. The molecule has 1 aliphatic rings. The molecule has 1 unspecified atom stereocenters.